The van der Waals surface area contributed by atoms with Crippen molar-refractivity contribution in [1.82, 2.24) is 9.97 Å². The molecular formula is C13H13FN4S. The van der Waals surface area contributed by atoms with Crippen molar-refractivity contribution in [2.24, 2.45) is 5.73 Å². The summed E-state index contributed by atoms with van der Waals surface area (Å²) < 4.78 is 12.9. The minimum Gasteiger partial charge on any atom is -0.388 e. The molecule has 0 radical (unpaired) electrons. The Morgan fingerprint density at radius 2 is 1.89 bits per heavy atom. The first-order valence-corrected chi connectivity index (χ1v) is 6.11. The zero-order valence-electron chi connectivity index (χ0n) is 10.3. The number of hydrogen-bond acceptors (Lipinski definition) is 4. The van der Waals surface area contributed by atoms with Crippen molar-refractivity contribution in [3.63, 3.8) is 0 Å². The van der Waals surface area contributed by atoms with Gasteiger partial charge in [0.05, 0.1) is 6.04 Å². The first-order chi connectivity index (χ1) is 9.08. The van der Waals surface area contributed by atoms with Crippen LogP contribution in [-0.2, 0) is 0 Å². The molecule has 1 heterocycles. The fourth-order valence-electron chi connectivity index (χ4n) is 1.66. The molecular weight excluding hydrogens is 263 g/mol. The molecule has 19 heavy (non-hydrogen) atoms. The Hall–Kier alpha value is -2.08. The summed E-state index contributed by atoms with van der Waals surface area (Å²) in [4.78, 5) is 8.44. The number of nitrogens with two attached hydrogens (primary N) is 1. The molecule has 2 rings (SSSR count). The first kappa shape index (κ1) is 13.4. The second-order valence-corrected chi connectivity index (χ2v) is 4.48. The van der Waals surface area contributed by atoms with Crippen molar-refractivity contribution in [2.45, 2.75) is 13.0 Å². The number of nitrogens with one attached hydrogen (secondary N) is 1. The van der Waals surface area contributed by atoms with Gasteiger partial charge in [-0.2, -0.15) is 0 Å². The van der Waals surface area contributed by atoms with Crippen LogP contribution in [0.1, 0.15) is 24.2 Å². The number of anilines is 1. The summed E-state index contributed by atoms with van der Waals surface area (Å²) in [6.07, 6.45) is 3.09. The van der Waals surface area contributed by atoms with E-state index in [1.165, 1.54) is 18.3 Å². The molecule has 0 aliphatic heterocycles. The zero-order chi connectivity index (χ0) is 13.8. The summed E-state index contributed by atoms with van der Waals surface area (Å²) in [6, 6.07) is 6.19. The number of rotatable bonds is 4. The van der Waals surface area contributed by atoms with Gasteiger partial charge in [0.1, 0.15) is 16.5 Å². The minimum atomic E-state index is -0.265. The molecule has 1 unspecified atom stereocenters. The number of hydrogen-bond donors (Lipinski definition) is 2. The topological polar surface area (TPSA) is 63.8 Å². The molecule has 0 saturated heterocycles. The molecule has 0 amide bonds. The lowest BCUT2D eigenvalue weighted by Gasteiger charge is -2.16. The first-order valence-electron chi connectivity index (χ1n) is 5.70. The predicted octanol–water partition coefficient (Wildman–Crippen LogP) is 2.42. The van der Waals surface area contributed by atoms with Gasteiger partial charge in [-0.3, -0.25) is 0 Å². The molecule has 6 heteroatoms. The van der Waals surface area contributed by atoms with Gasteiger partial charge in [0, 0.05) is 12.4 Å². The van der Waals surface area contributed by atoms with E-state index in [4.69, 9.17) is 18.0 Å². The van der Waals surface area contributed by atoms with E-state index in [9.17, 15) is 4.39 Å². The fourth-order valence-corrected chi connectivity index (χ4v) is 1.81. The molecule has 2 aromatic rings. The van der Waals surface area contributed by atoms with Crippen LogP contribution >= 0.6 is 12.2 Å². The second-order valence-electron chi connectivity index (χ2n) is 4.04. The molecule has 4 nitrogen and oxygen atoms in total. The van der Waals surface area contributed by atoms with Crippen LogP contribution in [0.4, 0.5) is 10.2 Å². The van der Waals surface area contributed by atoms with Crippen molar-refractivity contribution >= 4 is 23.0 Å². The van der Waals surface area contributed by atoms with E-state index in [-0.39, 0.29) is 16.8 Å². The number of benzene rings is 1. The molecule has 1 atom stereocenters. The highest BCUT2D eigenvalue weighted by Gasteiger charge is 2.11. The van der Waals surface area contributed by atoms with Crippen molar-refractivity contribution in [1.29, 1.82) is 0 Å². The summed E-state index contributed by atoms with van der Waals surface area (Å²) in [5.74, 6) is 0.256. The van der Waals surface area contributed by atoms with Gasteiger partial charge in [0.25, 0.3) is 0 Å². The maximum atomic E-state index is 12.9. The summed E-state index contributed by atoms with van der Waals surface area (Å²) >= 11 is 4.92. The van der Waals surface area contributed by atoms with E-state index in [0.29, 0.717) is 11.5 Å². The highest BCUT2D eigenvalue weighted by molar-refractivity contribution is 7.80. The number of nitrogens with zero attached hydrogens (tertiary/aromatic N) is 2. The lowest BCUT2D eigenvalue weighted by Crippen LogP contribution is -2.17. The summed E-state index contributed by atoms with van der Waals surface area (Å²) in [7, 11) is 0. The quantitative estimate of drug-likeness (QED) is 0.840. The van der Waals surface area contributed by atoms with Gasteiger partial charge in [-0.1, -0.05) is 24.4 Å². The number of halogens is 1. The molecule has 0 aliphatic rings. The van der Waals surface area contributed by atoms with Crippen LogP contribution in [0.25, 0.3) is 0 Å². The third-order valence-corrected chi connectivity index (χ3v) is 2.85. The van der Waals surface area contributed by atoms with Crippen molar-refractivity contribution in [2.75, 3.05) is 5.32 Å². The maximum absolute atomic E-state index is 12.9. The normalized spacial score (nSPS) is 11.9. The van der Waals surface area contributed by atoms with E-state index in [1.54, 1.807) is 18.3 Å². The number of aromatic nitrogens is 2. The summed E-state index contributed by atoms with van der Waals surface area (Å²) in [5, 5.41) is 3.16. The van der Waals surface area contributed by atoms with E-state index < -0.39 is 0 Å². The van der Waals surface area contributed by atoms with Crippen LogP contribution in [0.5, 0.6) is 0 Å². The van der Waals surface area contributed by atoms with E-state index in [2.05, 4.69) is 15.3 Å². The predicted molar refractivity (Wildman–Crippen MR) is 76.4 cm³/mol. The van der Waals surface area contributed by atoms with Crippen molar-refractivity contribution in [3.05, 3.63) is 53.7 Å². The Bertz CT molecular complexity index is 585. The monoisotopic (exact) mass is 276 g/mol. The fraction of sp³-hybridized carbons (Fsp3) is 0.154. The average Bonchev–Trinajstić information content (AvgIpc) is 2.39. The van der Waals surface area contributed by atoms with Gasteiger partial charge in [-0.25, -0.2) is 14.4 Å². The average molecular weight is 276 g/mol. The smallest absolute Gasteiger partial charge is 0.155 e. The van der Waals surface area contributed by atoms with Gasteiger partial charge in [0.15, 0.2) is 5.82 Å². The maximum Gasteiger partial charge on any atom is 0.155 e. The van der Waals surface area contributed by atoms with Crippen LogP contribution in [0, 0.1) is 5.82 Å². The van der Waals surface area contributed by atoms with Crippen molar-refractivity contribution in [3.8, 4) is 0 Å². The second kappa shape index (κ2) is 5.71. The van der Waals surface area contributed by atoms with Crippen molar-refractivity contribution < 1.29 is 4.39 Å². The van der Waals surface area contributed by atoms with Crippen LogP contribution in [0.3, 0.4) is 0 Å². The van der Waals surface area contributed by atoms with E-state index in [1.807, 2.05) is 6.92 Å². The van der Waals surface area contributed by atoms with Crippen LogP contribution in [0.2, 0.25) is 0 Å². The van der Waals surface area contributed by atoms with Gasteiger partial charge in [-0.15, -0.1) is 0 Å². The molecule has 0 saturated carbocycles. The molecule has 0 bridgehead atoms. The Balaban J connectivity index is 2.21. The van der Waals surface area contributed by atoms with Gasteiger partial charge >= 0.3 is 0 Å². The van der Waals surface area contributed by atoms with E-state index >= 15 is 0 Å². The highest BCUT2D eigenvalue weighted by atomic mass is 32.1. The Labute approximate surface area is 115 Å². The van der Waals surface area contributed by atoms with E-state index in [0.717, 1.165) is 5.56 Å². The van der Waals surface area contributed by atoms with Crippen LogP contribution in [0.15, 0.2) is 36.7 Å². The van der Waals surface area contributed by atoms with Crippen LogP contribution in [-0.4, -0.2) is 15.0 Å². The minimum absolute atomic E-state index is 0.0644. The van der Waals surface area contributed by atoms with Crippen LogP contribution < -0.4 is 11.1 Å². The molecule has 98 valence electrons. The lowest BCUT2D eigenvalue weighted by molar-refractivity contribution is 0.626. The van der Waals surface area contributed by atoms with Gasteiger partial charge < -0.3 is 11.1 Å². The molecule has 0 aliphatic carbocycles. The SMILES string of the molecule is CC(Nc1nccnc1C(N)=S)c1ccc(F)cc1. The molecule has 0 fully saturated rings. The molecule has 1 aromatic heterocycles. The molecule has 3 N–H and O–H groups in total. The zero-order valence-corrected chi connectivity index (χ0v) is 11.1. The third kappa shape index (κ3) is 3.23. The summed E-state index contributed by atoms with van der Waals surface area (Å²) in [5.41, 5.74) is 6.97. The highest BCUT2D eigenvalue weighted by Crippen LogP contribution is 2.19. The van der Waals surface area contributed by atoms with Gasteiger partial charge in [0.2, 0.25) is 0 Å². The number of thiocarbonyl (C=S) groups is 1. The third-order valence-electron chi connectivity index (χ3n) is 2.65. The largest absolute Gasteiger partial charge is 0.388 e. The Morgan fingerprint density at radius 1 is 1.26 bits per heavy atom. The molecule has 0 spiro atoms. The molecule has 1 aromatic carbocycles. The summed E-state index contributed by atoms with van der Waals surface area (Å²) in [6.45, 7) is 1.94. The Morgan fingerprint density at radius 3 is 2.53 bits per heavy atom. The Kier molecular flexibility index (Phi) is 4.01. The van der Waals surface area contributed by atoms with Gasteiger partial charge in [-0.05, 0) is 24.6 Å². The lowest BCUT2D eigenvalue weighted by atomic mass is 10.1. The standard InChI is InChI=1S/C13H13FN4S/c1-8(9-2-4-10(14)5-3-9)18-13-11(12(15)19)16-6-7-17-13/h2-8H,1H3,(H2,15,19)(H,17,18).